The van der Waals surface area contributed by atoms with E-state index in [1.807, 2.05) is 83.3 Å². The highest BCUT2D eigenvalue weighted by Crippen LogP contribution is 2.40. The van der Waals surface area contributed by atoms with Crippen LogP contribution < -0.4 is 0 Å². The van der Waals surface area contributed by atoms with E-state index in [4.69, 9.17) is 0 Å². The molecule has 0 aliphatic carbocycles. The summed E-state index contributed by atoms with van der Waals surface area (Å²) in [4.78, 5) is 7.81. The highest BCUT2D eigenvalue weighted by atomic mass is 32.2. The Hall–Kier alpha value is -13.4. The molecule has 0 aliphatic rings. The summed E-state index contributed by atoms with van der Waals surface area (Å²) in [6, 6.07) is 143. The number of benzene rings is 18. The fourth-order valence-electron chi connectivity index (χ4n) is 14.9. The van der Waals surface area contributed by atoms with Crippen molar-refractivity contribution in [2.45, 2.75) is 191 Å². The van der Waals surface area contributed by atoms with E-state index in [0.717, 1.165) is 52.6 Å². The lowest BCUT2D eigenvalue weighted by Crippen LogP contribution is -2.15. The average Bonchev–Trinajstić information content (AvgIpc) is 0.802. The minimum absolute atomic E-state index is 0.0342. The highest BCUT2D eigenvalue weighted by molar-refractivity contribution is 7.99. The van der Waals surface area contributed by atoms with Crippen LogP contribution in [0.5, 0.6) is 0 Å². The molecule has 0 N–H and O–H groups in total. The van der Waals surface area contributed by atoms with E-state index in [0.29, 0.717) is 0 Å². The predicted octanol–water partition coefficient (Wildman–Crippen LogP) is 38.4. The Labute approximate surface area is 850 Å². The molecule has 0 aromatic heterocycles. The van der Waals surface area contributed by atoms with Crippen LogP contribution in [-0.4, -0.2) is 0 Å². The summed E-state index contributed by atoms with van der Waals surface area (Å²) in [5.41, 5.74) is 29.8. The molecule has 0 amide bonds. The van der Waals surface area contributed by atoms with Crippen molar-refractivity contribution in [2.75, 3.05) is 0 Å². The number of hydrogen-bond donors (Lipinski definition) is 0. The zero-order valence-corrected chi connectivity index (χ0v) is 87.1. The van der Waals surface area contributed by atoms with Crippen molar-refractivity contribution in [1.82, 2.24) is 0 Å². The van der Waals surface area contributed by atoms with Gasteiger partial charge in [-0.2, -0.15) is 26.3 Å². The van der Waals surface area contributed by atoms with Gasteiger partial charge in [0.25, 0.3) is 17.8 Å². The standard InChI is InChI=1S/3C15H14F2.3C15H16.3C14H14S/c1-11-3-7-13(8-4-11)15(16,17)14-9-5-12(2)6-10-14;1-11-5-3-7-13(9-11)15(16,17)14-8-4-6-12(2)10-14;1-11-6-8-13(9-7-11)15(16,17)14-5-3-4-12(2)10-14;1-12-3-7-14(8-4-12)11-15-9-5-13(2)6-10-15;1-12-5-3-7-14(9-12)11-15-8-4-6-13(2)10-15;1-12-6-8-14(9-7-12)11-15-5-3-4-13(2)10-15;1-11-3-7-13(8-4-11)15-14-9-5-12(2)6-10-14;1-11-5-3-7-13(9-11)15-14-8-4-6-12(2)10-14;1-11-6-8-13(9-7-11)15-14-5-3-4-12(2)10-14/h3*3-10H,1-2H3;3*3-10H,11H2,1-2H3;3*3-10H,1-2H3. The zero-order chi connectivity index (χ0) is 101. The minimum atomic E-state index is -2.93. The average molecular weight is 1930 g/mol. The molecule has 9 heteroatoms. The smallest absolute Gasteiger partial charge is 0.196 e. The van der Waals surface area contributed by atoms with Gasteiger partial charge in [-0.15, -0.1) is 0 Å². The first-order valence-electron chi connectivity index (χ1n) is 47.8. The lowest BCUT2D eigenvalue weighted by atomic mass is 9.98. The number of halogens is 6. The van der Waals surface area contributed by atoms with Crippen LogP contribution in [0.3, 0.4) is 0 Å². The van der Waals surface area contributed by atoms with Gasteiger partial charge in [-0.25, -0.2) is 0 Å². The Balaban J connectivity index is 0.000000163. The molecule has 720 valence electrons. The first-order chi connectivity index (χ1) is 67.4. The Bertz CT molecular complexity index is 6290. The van der Waals surface area contributed by atoms with Crippen molar-refractivity contribution < 1.29 is 26.3 Å². The van der Waals surface area contributed by atoms with Gasteiger partial charge in [0, 0.05) is 62.8 Å². The molecule has 0 heterocycles. The third kappa shape index (κ3) is 38.3. The van der Waals surface area contributed by atoms with E-state index in [9.17, 15) is 26.3 Å². The number of hydrogen-bond acceptors (Lipinski definition) is 3. The Morgan fingerprint density at radius 2 is 0.298 bits per heavy atom. The lowest BCUT2D eigenvalue weighted by molar-refractivity contribution is 0.0422. The Morgan fingerprint density at radius 3 is 0.525 bits per heavy atom. The van der Waals surface area contributed by atoms with Crippen LogP contribution in [0.2, 0.25) is 0 Å². The summed E-state index contributed by atoms with van der Waals surface area (Å²) in [6.45, 7) is 36.6. The molecular formula is C132H132F6S3. The molecule has 0 nitrogen and oxygen atoms in total. The molecule has 0 atom stereocenters. The summed E-state index contributed by atoms with van der Waals surface area (Å²) < 4.78 is 85.2. The molecular weight excluding hydrogens is 1800 g/mol. The van der Waals surface area contributed by atoms with Crippen LogP contribution >= 0.6 is 35.3 Å². The molecule has 18 aromatic rings. The van der Waals surface area contributed by atoms with E-state index < -0.39 is 17.8 Å². The first kappa shape index (κ1) is 110. The van der Waals surface area contributed by atoms with Gasteiger partial charge in [-0.1, -0.05) is 481 Å². The molecule has 0 radical (unpaired) electrons. The van der Waals surface area contributed by atoms with Gasteiger partial charge >= 0.3 is 0 Å². The van der Waals surface area contributed by atoms with E-state index in [1.54, 1.807) is 66.4 Å². The monoisotopic (exact) mass is 1930 g/mol. The quantitative estimate of drug-likeness (QED) is 0.0786. The topological polar surface area (TPSA) is 0 Å². The normalized spacial score (nSPS) is 10.7. The van der Waals surface area contributed by atoms with Gasteiger partial charge < -0.3 is 0 Å². The van der Waals surface area contributed by atoms with Crippen molar-refractivity contribution in [3.63, 3.8) is 0 Å². The van der Waals surface area contributed by atoms with Crippen LogP contribution in [0.1, 0.15) is 167 Å². The second-order valence-electron chi connectivity index (χ2n) is 36.6. The predicted molar refractivity (Wildman–Crippen MR) is 591 cm³/mol. The molecule has 18 aromatic carbocycles. The SMILES string of the molecule is Cc1ccc(C(F)(F)c2ccc(C)cc2)cc1.Cc1ccc(C(F)(F)c2cccc(C)c2)cc1.Cc1ccc(Cc2ccc(C)cc2)cc1.Cc1ccc(Cc2cccc(C)c2)cc1.Cc1ccc(Sc2ccc(C)cc2)cc1.Cc1ccc(Sc2cccc(C)c2)cc1.Cc1cccc(C(F)(F)c2cccc(C)c2)c1.Cc1cccc(Cc2cccc(C)c2)c1.Cc1cccc(Sc2cccc(C)c2)c1. The molecule has 141 heavy (non-hydrogen) atoms. The number of rotatable bonds is 18. The maximum Gasteiger partial charge on any atom is 0.298 e. The van der Waals surface area contributed by atoms with E-state index in [2.05, 4.69) is 374 Å². The van der Waals surface area contributed by atoms with E-state index >= 15 is 0 Å². The minimum Gasteiger partial charge on any atom is -0.196 e. The van der Waals surface area contributed by atoms with Gasteiger partial charge in [0.05, 0.1) is 0 Å². The fraction of sp³-hybridized carbons (Fsp3) is 0.182. The summed E-state index contributed by atoms with van der Waals surface area (Å²) in [7, 11) is 0. The number of alkyl halides is 6. The third-order valence-electron chi connectivity index (χ3n) is 23.0. The van der Waals surface area contributed by atoms with Crippen LogP contribution in [0.15, 0.2) is 466 Å². The molecule has 0 bridgehead atoms. The first-order valence-corrected chi connectivity index (χ1v) is 50.2. The number of aryl methyl sites for hydroxylation is 18. The maximum absolute atomic E-state index is 14.2. The Kier molecular flexibility index (Phi) is 42.7. The van der Waals surface area contributed by atoms with Gasteiger partial charge in [0.1, 0.15) is 0 Å². The van der Waals surface area contributed by atoms with Crippen LogP contribution in [-0.2, 0) is 37.0 Å². The van der Waals surface area contributed by atoms with Crippen LogP contribution in [0.25, 0.3) is 0 Å². The van der Waals surface area contributed by atoms with Gasteiger partial charge in [-0.05, 0) is 268 Å². The Morgan fingerprint density at radius 1 is 0.135 bits per heavy atom. The lowest BCUT2D eigenvalue weighted by Gasteiger charge is -2.18. The van der Waals surface area contributed by atoms with E-state index in [1.165, 1.54) is 202 Å². The van der Waals surface area contributed by atoms with Gasteiger partial charge in [0.2, 0.25) is 0 Å². The summed E-state index contributed by atoms with van der Waals surface area (Å²) in [5, 5.41) is 0. The van der Waals surface area contributed by atoms with Gasteiger partial charge in [0.15, 0.2) is 0 Å². The van der Waals surface area contributed by atoms with Crippen LogP contribution in [0, 0.1) is 125 Å². The molecule has 0 saturated heterocycles. The second kappa shape index (κ2) is 55.0. The molecule has 0 saturated carbocycles. The largest absolute Gasteiger partial charge is 0.298 e. The van der Waals surface area contributed by atoms with Crippen molar-refractivity contribution >= 4 is 35.3 Å². The fourth-order valence-corrected chi connectivity index (χ4v) is 17.7. The van der Waals surface area contributed by atoms with Crippen LogP contribution in [0.4, 0.5) is 26.3 Å². The molecule has 0 spiro atoms. The molecule has 0 unspecified atom stereocenters. The summed E-state index contributed by atoms with van der Waals surface area (Å²) in [5.74, 6) is -8.79. The molecule has 0 aliphatic heterocycles. The maximum atomic E-state index is 14.2. The van der Waals surface area contributed by atoms with Crippen molar-refractivity contribution in [2.24, 2.45) is 0 Å². The molecule has 0 fully saturated rings. The second-order valence-corrected chi connectivity index (χ2v) is 40.0. The molecule has 18 rings (SSSR count). The van der Waals surface area contributed by atoms with Crippen molar-refractivity contribution in [3.8, 4) is 0 Å². The third-order valence-corrected chi connectivity index (χ3v) is 25.9. The van der Waals surface area contributed by atoms with Crippen molar-refractivity contribution in [3.05, 3.63) is 604 Å². The van der Waals surface area contributed by atoms with Crippen molar-refractivity contribution in [1.29, 1.82) is 0 Å². The summed E-state index contributed by atoms with van der Waals surface area (Å²) in [6.07, 6.45) is 3.09. The van der Waals surface area contributed by atoms with Gasteiger partial charge in [-0.3, -0.25) is 0 Å². The summed E-state index contributed by atoms with van der Waals surface area (Å²) >= 11 is 5.43. The van der Waals surface area contributed by atoms with E-state index in [-0.39, 0.29) is 33.4 Å². The highest BCUT2D eigenvalue weighted by Gasteiger charge is 2.36. The zero-order valence-electron chi connectivity index (χ0n) is 84.7.